The molecule has 3 heterocycles. The smallest absolute Gasteiger partial charge is 0.254 e. The van der Waals surface area contributed by atoms with Crippen molar-refractivity contribution in [3.63, 3.8) is 0 Å². The molecular weight excluding hydrogens is 332 g/mol. The highest BCUT2D eigenvalue weighted by Crippen LogP contribution is 2.32. The Labute approximate surface area is 150 Å². The molecule has 0 N–H and O–H groups in total. The van der Waals surface area contributed by atoms with E-state index in [-0.39, 0.29) is 17.9 Å². The Balaban J connectivity index is 1.54. The highest BCUT2D eigenvalue weighted by atomic mass is 16.5. The fraction of sp³-hybridized carbons (Fsp3) is 0.389. The first-order chi connectivity index (χ1) is 12.6. The lowest BCUT2D eigenvalue weighted by atomic mass is 10.1. The van der Waals surface area contributed by atoms with Crippen LogP contribution in [-0.2, 0) is 0 Å². The summed E-state index contributed by atoms with van der Waals surface area (Å²) >= 11 is 0. The summed E-state index contributed by atoms with van der Waals surface area (Å²) in [4.78, 5) is 19.3. The van der Waals surface area contributed by atoms with Crippen LogP contribution in [0.15, 0.2) is 41.4 Å². The summed E-state index contributed by atoms with van der Waals surface area (Å²) in [6.45, 7) is 4.73. The van der Waals surface area contributed by atoms with Gasteiger partial charge in [0.25, 0.3) is 5.91 Å². The van der Waals surface area contributed by atoms with E-state index in [9.17, 15) is 4.79 Å². The Kier molecular flexibility index (Phi) is 4.24. The maximum absolute atomic E-state index is 13.0. The maximum Gasteiger partial charge on any atom is 0.254 e. The summed E-state index contributed by atoms with van der Waals surface area (Å²) in [6, 6.07) is 7.25. The summed E-state index contributed by atoms with van der Waals surface area (Å²) in [5, 5.41) is 11.6. The van der Waals surface area contributed by atoms with Crippen molar-refractivity contribution in [3.05, 3.63) is 54.2 Å². The van der Waals surface area contributed by atoms with Crippen LogP contribution in [0.4, 0.5) is 0 Å². The van der Waals surface area contributed by atoms with Crippen LogP contribution in [0.1, 0.15) is 60.7 Å². The number of carbonyl (C=O) groups is 1. The van der Waals surface area contributed by atoms with Crippen LogP contribution in [0, 0.1) is 0 Å². The average Bonchev–Trinajstić information content (AvgIpc) is 3.42. The van der Waals surface area contributed by atoms with Gasteiger partial charge in [-0.2, -0.15) is 4.98 Å². The minimum atomic E-state index is -0.153. The number of hydrogen-bond acceptors (Lipinski definition) is 6. The largest absolute Gasteiger partial charge is 0.337 e. The van der Waals surface area contributed by atoms with Crippen LogP contribution in [0.5, 0.6) is 0 Å². The van der Waals surface area contributed by atoms with Crippen molar-refractivity contribution in [1.82, 2.24) is 29.8 Å². The maximum atomic E-state index is 13.0. The van der Waals surface area contributed by atoms with Crippen molar-refractivity contribution in [2.24, 2.45) is 0 Å². The summed E-state index contributed by atoms with van der Waals surface area (Å²) < 4.78 is 7.21. The molecule has 2 aromatic heterocycles. The van der Waals surface area contributed by atoms with Gasteiger partial charge in [0, 0.05) is 23.7 Å². The predicted octanol–water partition coefficient (Wildman–Crippen LogP) is 2.75. The molecule has 8 nitrogen and oxygen atoms in total. The molecule has 26 heavy (non-hydrogen) atoms. The fourth-order valence-electron chi connectivity index (χ4n) is 3.16. The molecule has 134 valence electrons. The minimum Gasteiger partial charge on any atom is -0.337 e. The van der Waals surface area contributed by atoms with Crippen LogP contribution in [-0.4, -0.2) is 42.3 Å². The number of hydrogen-bond donors (Lipinski definition) is 0. The van der Waals surface area contributed by atoms with E-state index in [0.717, 1.165) is 18.5 Å². The van der Waals surface area contributed by atoms with Crippen molar-refractivity contribution in [2.45, 2.75) is 38.6 Å². The monoisotopic (exact) mass is 352 g/mol. The number of likely N-dealkylation sites (tertiary alicyclic amines) is 1. The van der Waals surface area contributed by atoms with Crippen molar-refractivity contribution in [1.29, 1.82) is 0 Å². The van der Waals surface area contributed by atoms with Crippen LogP contribution in [0.25, 0.3) is 5.69 Å². The molecule has 1 aliphatic heterocycles. The van der Waals surface area contributed by atoms with Crippen molar-refractivity contribution < 1.29 is 9.32 Å². The summed E-state index contributed by atoms with van der Waals surface area (Å²) in [5.41, 5.74) is 1.54. The van der Waals surface area contributed by atoms with Gasteiger partial charge in [-0.1, -0.05) is 19.0 Å². The van der Waals surface area contributed by atoms with E-state index in [0.29, 0.717) is 23.8 Å². The normalized spacial score (nSPS) is 17.2. The fourth-order valence-corrected chi connectivity index (χ4v) is 3.16. The van der Waals surface area contributed by atoms with E-state index in [1.165, 1.54) is 0 Å². The SMILES string of the molecule is CC(C)c1noc(C2CCCN2C(=O)c2ccc(-n3cnnc3)cc2)n1. The van der Waals surface area contributed by atoms with Gasteiger partial charge in [-0.25, -0.2) is 0 Å². The first-order valence-electron chi connectivity index (χ1n) is 8.73. The Hall–Kier alpha value is -3.03. The quantitative estimate of drug-likeness (QED) is 0.717. The number of carbonyl (C=O) groups excluding carboxylic acids is 1. The van der Waals surface area contributed by atoms with Crippen LogP contribution in [0.3, 0.4) is 0 Å². The van der Waals surface area contributed by atoms with Crippen molar-refractivity contribution >= 4 is 5.91 Å². The third kappa shape index (κ3) is 2.98. The molecule has 1 atom stereocenters. The summed E-state index contributed by atoms with van der Waals surface area (Å²) in [7, 11) is 0. The van der Waals surface area contributed by atoms with Crippen LogP contribution >= 0.6 is 0 Å². The number of benzene rings is 1. The van der Waals surface area contributed by atoms with E-state index in [1.54, 1.807) is 17.2 Å². The third-order valence-electron chi connectivity index (χ3n) is 4.60. The second-order valence-corrected chi connectivity index (χ2v) is 6.72. The van der Waals surface area contributed by atoms with Gasteiger partial charge in [-0.05, 0) is 37.1 Å². The van der Waals surface area contributed by atoms with Gasteiger partial charge in [0.05, 0.1) is 0 Å². The molecule has 1 saturated heterocycles. The van der Waals surface area contributed by atoms with Crippen molar-refractivity contribution in [3.8, 4) is 5.69 Å². The molecule has 1 fully saturated rings. The molecule has 1 unspecified atom stereocenters. The Bertz CT molecular complexity index is 885. The van der Waals surface area contributed by atoms with E-state index in [1.807, 2.05) is 43.0 Å². The molecule has 1 aliphatic rings. The van der Waals surface area contributed by atoms with Gasteiger partial charge in [0.1, 0.15) is 18.7 Å². The second-order valence-electron chi connectivity index (χ2n) is 6.72. The Morgan fingerprint density at radius 2 is 1.92 bits per heavy atom. The molecule has 0 aliphatic carbocycles. The molecule has 0 saturated carbocycles. The van der Waals surface area contributed by atoms with Gasteiger partial charge < -0.3 is 9.42 Å². The third-order valence-corrected chi connectivity index (χ3v) is 4.60. The van der Waals surface area contributed by atoms with Crippen LogP contribution < -0.4 is 0 Å². The molecule has 4 rings (SSSR count). The number of aromatic nitrogens is 5. The lowest BCUT2D eigenvalue weighted by molar-refractivity contribution is 0.0710. The minimum absolute atomic E-state index is 0.0212. The van der Waals surface area contributed by atoms with Gasteiger partial charge in [0.15, 0.2) is 5.82 Å². The summed E-state index contributed by atoms with van der Waals surface area (Å²) in [6.07, 6.45) is 5.00. The van der Waals surface area contributed by atoms with Crippen LogP contribution in [0.2, 0.25) is 0 Å². The van der Waals surface area contributed by atoms with E-state index in [2.05, 4.69) is 20.3 Å². The molecule has 0 radical (unpaired) electrons. The average molecular weight is 352 g/mol. The zero-order valence-electron chi connectivity index (χ0n) is 14.7. The predicted molar refractivity (Wildman–Crippen MR) is 92.8 cm³/mol. The Morgan fingerprint density at radius 3 is 2.58 bits per heavy atom. The zero-order chi connectivity index (χ0) is 18.1. The number of rotatable bonds is 4. The van der Waals surface area contributed by atoms with Crippen molar-refractivity contribution in [2.75, 3.05) is 6.54 Å². The molecule has 1 amide bonds. The zero-order valence-corrected chi connectivity index (χ0v) is 14.7. The van der Waals surface area contributed by atoms with E-state index >= 15 is 0 Å². The molecule has 0 bridgehead atoms. The van der Waals surface area contributed by atoms with Gasteiger partial charge >= 0.3 is 0 Å². The lowest BCUT2D eigenvalue weighted by Gasteiger charge is -2.22. The molecule has 3 aromatic rings. The highest BCUT2D eigenvalue weighted by molar-refractivity contribution is 5.94. The molecule has 0 spiro atoms. The van der Waals surface area contributed by atoms with E-state index < -0.39 is 0 Å². The van der Waals surface area contributed by atoms with Gasteiger partial charge in [-0.15, -0.1) is 10.2 Å². The highest BCUT2D eigenvalue weighted by Gasteiger charge is 2.34. The molecule has 8 heteroatoms. The van der Waals surface area contributed by atoms with Gasteiger partial charge in [0.2, 0.25) is 5.89 Å². The van der Waals surface area contributed by atoms with E-state index in [4.69, 9.17) is 4.52 Å². The summed E-state index contributed by atoms with van der Waals surface area (Å²) in [5.74, 6) is 1.38. The van der Waals surface area contributed by atoms with Gasteiger partial charge in [-0.3, -0.25) is 9.36 Å². The standard InChI is InChI=1S/C18H20N6O2/c1-12(2)16-21-17(26-22-16)15-4-3-9-24(15)18(25)13-5-7-14(8-6-13)23-10-19-20-11-23/h5-8,10-12,15H,3-4,9H2,1-2H3. The lowest BCUT2D eigenvalue weighted by Crippen LogP contribution is -2.30. The number of amides is 1. The first-order valence-corrected chi connectivity index (χ1v) is 8.73. The molecular formula is C18H20N6O2. The second kappa shape index (κ2) is 6.70. The first kappa shape index (κ1) is 16.4. The topological polar surface area (TPSA) is 89.9 Å². The molecule has 1 aromatic carbocycles. The number of nitrogens with zero attached hydrogens (tertiary/aromatic N) is 6. The Morgan fingerprint density at radius 1 is 1.19 bits per heavy atom.